The molecule has 0 saturated carbocycles. The van der Waals surface area contributed by atoms with E-state index >= 15 is 0 Å². The molecule has 24 heavy (non-hydrogen) atoms. The van der Waals surface area contributed by atoms with E-state index in [2.05, 4.69) is 15.6 Å². The molecule has 0 atom stereocenters. The molecule has 1 saturated heterocycles. The summed E-state index contributed by atoms with van der Waals surface area (Å²) in [6.45, 7) is 6.48. The Kier molecular flexibility index (Phi) is 6.22. The average Bonchev–Trinajstić information content (AvgIpc) is 3.09. The standard InChI is InChI=1S/C16H25N5O3/c1-12(2)19-14(22)11-18-16(17-3)21-8-6-20(7-9-21)15(23)13-5-4-10-24-13/h4-5,10,12H,6-9,11H2,1-3H3,(H,17,18)(H,19,22). The molecule has 0 bridgehead atoms. The van der Waals surface area contributed by atoms with Crippen molar-refractivity contribution in [2.24, 2.45) is 4.99 Å². The van der Waals surface area contributed by atoms with Crippen molar-refractivity contribution in [3.8, 4) is 0 Å². The first-order valence-electron chi connectivity index (χ1n) is 8.09. The molecule has 1 aromatic heterocycles. The molecule has 1 aliphatic heterocycles. The third-order valence-electron chi connectivity index (χ3n) is 3.67. The first kappa shape index (κ1) is 17.8. The lowest BCUT2D eigenvalue weighted by Crippen LogP contribution is -2.54. The Balaban J connectivity index is 1.81. The normalized spacial score (nSPS) is 15.6. The van der Waals surface area contributed by atoms with Gasteiger partial charge in [0.25, 0.3) is 5.91 Å². The van der Waals surface area contributed by atoms with E-state index in [9.17, 15) is 9.59 Å². The molecular weight excluding hydrogens is 310 g/mol. The van der Waals surface area contributed by atoms with Gasteiger partial charge in [-0.2, -0.15) is 0 Å². The molecule has 1 fully saturated rings. The Morgan fingerprint density at radius 3 is 2.46 bits per heavy atom. The van der Waals surface area contributed by atoms with Crippen LogP contribution in [-0.2, 0) is 4.79 Å². The van der Waals surface area contributed by atoms with Gasteiger partial charge in [0, 0.05) is 39.3 Å². The van der Waals surface area contributed by atoms with Gasteiger partial charge in [0.1, 0.15) is 0 Å². The highest BCUT2D eigenvalue weighted by atomic mass is 16.3. The van der Waals surface area contributed by atoms with Gasteiger partial charge < -0.3 is 24.9 Å². The highest BCUT2D eigenvalue weighted by Gasteiger charge is 2.25. The number of guanidine groups is 1. The highest BCUT2D eigenvalue weighted by molar-refractivity contribution is 5.92. The predicted molar refractivity (Wildman–Crippen MR) is 90.8 cm³/mol. The smallest absolute Gasteiger partial charge is 0.289 e. The van der Waals surface area contributed by atoms with Crippen LogP contribution in [0.5, 0.6) is 0 Å². The zero-order chi connectivity index (χ0) is 17.5. The van der Waals surface area contributed by atoms with E-state index in [0.717, 1.165) is 0 Å². The Morgan fingerprint density at radius 1 is 1.25 bits per heavy atom. The Morgan fingerprint density at radius 2 is 1.92 bits per heavy atom. The fourth-order valence-electron chi connectivity index (χ4n) is 2.54. The summed E-state index contributed by atoms with van der Waals surface area (Å²) in [5.41, 5.74) is 0. The number of rotatable bonds is 4. The molecule has 1 aliphatic rings. The molecule has 132 valence electrons. The minimum absolute atomic E-state index is 0.0715. The number of nitrogens with one attached hydrogen (secondary N) is 2. The van der Waals surface area contributed by atoms with E-state index in [0.29, 0.717) is 37.9 Å². The van der Waals surface area contributed by atoms with Crippen molar-refractivity contribution < 1.29 is 14.0 Å². The van der Waals surface area contributed by atoms with Crippen molar-refractivity contribution >= 4 is 17.8 Å². The van der Waals surface area contributed by atoms with Gasteiger partial charge in [0.2, 0.25) is 5.91 Å². The van der Waals surface area contributed by atoms with E-state index in [1.54, 1.807) is 24.1 Å². The third-order valence-corrected chi connectivity index (χ3v) is 3.67. The molecule has 2 heterocycles. The van der Waals surface area contributed by atoms with E-state index in [1.807, 2.05) is 18.7 Å². The Labute approximate surface area is 141 Å². The Bertz CT molecular complexity index is 575. The molecule has 2 N–H and O–H groups in total. The molecular formula is C16H25N5O3. The molecule has 2 rings (SSSR count). The average molecular weight is 335 g/mol. The SMILES string of the molecule is CN=C(NCC(=O)NC(C)C)N1CCN(C(=O)c2ccco2)CC1. The van der Waals surface area contributed by atoms with E-state index in [4.69, 9.17) is 4.42 Å². The van der Waals surface area contributed by atoms with Gasteiger partial charge in [-0.3, -0.25) is 14.6 Å². The van der Waals surface area contributed by atoms with Gasteiger partial charge in [-0.05, 0) is 26.0 Å². The summed E-state index contributed by atoms with van der Waals surface area (Å²) in [6, 6.07) is 3.48. The maximum atomic E-state index is 12.2. The maximum Gasteiger partial charge on any atom is 0.289 e. The summed E-state index contributed by atoms with van der Waals surface area (Å²) in [5.74, 6) is 0.854. The molecule has 1 aromatic rings. The van der Waals surface area contributed by atoms with Crippen LogP contribution in [0.4, 0.5) is 0 Å². The number of carbonyl (C=O) groups is 2. The van der Waals surface area contributed by atoms with Crippen LogP contribution in [0, 0.1) is 0 Å². The number of piperazine rings is 1. The number of amides is 2. The van der Waals surface area contributed by atoms with Crippen molar-refractivity contribution in [1.29, 1.82) is 0 Å². The van der Waals surface area contributed by atoms with Crippen LogP contribution in [0.1, 0.15) is 24.4 Å². The lowest BCUT2D eigenvalue weighted by atomic mass is 10.3. The summed E-state index contributed by atoms with van der Waals surface area (Å²) in [5, 5.41) is 5.88. The molecule has 2 amide bonds. The molecule has 8 nitrogen and oxygen atoms in total. The second-order valence-electron chi connectivity index (χ2n) is 5.88. The van der Waals surface area contributed by atoms with Gasteiger partial charge >= 0.3 is 0 Å². The minimum atomic E-state index is -0.0982. The Hall–Kier alpha value is -2.51. The molecule has 0 spiro atoms. The van der Waals surface area contributed by atoms with Gasteiger partial charge in [-0.25, -0.2) is 0 Å². The lowest BCUT2D eigenvalue weighted by Gasteiger charge is -2.36. The quantitative estimate of drug-likeness (QED) is 0.603. The third kappa shape index (κ3) is 4.74. The van der Waals surface area contributed by atoms with Gasteiger partial charge in [0.15, 0.2) is 11.7 Å². The fourth-order valence-corrected chi connectivity index (χ4v) is 2.54. The summed E-state index contributed by atoms with van der Waals surface area (Å²) < 4.78 is 5.16. The largest absolute Gasteiger partial charge is 0.459 e. The first-order chi connectivity index (χ1) is 11.5. The number of carbonyl (C=O) groups excluding carboxylic acids is 2. The van der Waals surface area contributed by atoms with Crippen LogP contribution < -0.4 is 10.6 Å². The summed E-state index contributed by atoms with van der Waals surface area (Å²) in [4.78, 5) is 32.0. The summed E-state index contributed by atoms with van der Waals surface area (Å²) in [7, 11) is 1.68. The molecule has 0 radical (unpaired) electrons. The van der Waals surface area contributed by atoms with Crippen molar-refractivity contribution in [1.82, 2.24) is 20.4 Å². The number of hydrogen-bond donors (Lipinski definition) is 2. The zero-order valence-electron chi connectivity index (χ0n) is 14.4. The minimum Gasteiger partial charge on any atom is -0.459 e. The van der Waals surface area contributed by atoms with Crippen LogP contribution >= 0.6 is 0 Å². The fraction of sp³-hybridized carbons (Fsp3) is 0.562. The van der Waals surface area contributed by atoms with Crippen LogP contribution in [0.3, 0.4) is 0 Å². The maximum absolute atomic E-state index is 12.2. The molecule has 0 unspecified atom stereocenters. The van der Waals surface area contributed by atoms with Crippen LogP contribution in [-0.4, -0.2) is 73.4 Å². The lowest BCUT2D eigenvalue weighted by molar-refractivity contribution is -0.120. The van der Waals surface area contributed by atoms with Crippen LogP contribution in [0.25, 0.3) is 0 Å². The number of aliphatic imine (C=N–C) groups is 1. The van der Waals surface area contributed by atoms with Crippen molar-refractivity contribution in [2.45, 2.75) is 19.9 Å². The molecule has 8 heteroatoms. The van der Waals surface area contributed by atoms with Crippen molar-refractivity contribution in [3.63, 3.8) is 0 Å². The van der Waals surface area contributed by atoms with Crippen LogP contribution in [0.2, 0.25) is 0 Å². The highest BCUT2D eigenvalue weighted by Crippen LogP contribution is 2.09. The van der Waals surface area contributed by atoms with Gasteiger partial charge in [-0.15, -0.1) is 0 Å². The predicted octanol–water partition coefficient (Wildman–Crippen LogP) is 0.137. The first-order valence-corrected chi connectivity index (χ1v) is 8.09. The van der Waals surface area contributed by atoms with E-state index in [-0.39, 0.29) is 24.4 Å². The number of nitrogens with zero attached hydrogens (tertiary/aromatic N) is 3. The molecule has 0 aliphatic carbocycles. The van der Waals surface area contributed by atoms with Crippen molar-refractivity contribution in [2.75, 3.05) is 39.8 Å². The van der Waals surface area contributed by atoms with Gasteiger partial charge in [-0.1, -0.05) is 0 Å². The molecule has 0 aromatic carbocycles. The van der Waals surface area contributed by atoms with Crippen LogP contribution in [0.15, 0.2) is 27.8 Å². The number of furan rings is 1. The topological polar surface area (TPSA) is 90.2 Å². The second kappa shape index (κ2) is 8.37. The van der Waals surface area contributed by atoms with E-state index < -0.39 is 0 Å². The second-order valence-corrected chi connectivity index (χ2v) is 5.88. The monoisotopic (exact) mass is 335 g/mol. The zero-order valence-corrected chi connectivity index (χ0v) is 14.4. The van der Waals surface area contributed by atoms with E-state index in [1.165, 1.54) is 6.26 Å². The van der Waals surface area contributed by atoms with Crippen molar-refractivity contribution in [3.05, 3.63) is 24.2 Å². The summed E-state index contributed by atoms with van der Waals surface area (Å²) >= 11 is 0. The summed E-state index contributed by atoms with van der Waals surface area (Å²) in [6.07, 6.45) is 1.50. The number of hydrogen-bond acceptors (Lipinski definition) is 4. The van der Waals surface area contributed by atoms with Gasteiger partial charge in [0.05, 0.1) is 12.8 Å².